The van der Waals surface area contributed by atoms with Crippen LogP contribution in [0, 0.1) is 0 Å². The highest BCUT2D eigenvalue weighted by atomic mass is 32.2. The molecule has 4 aromatic rings. The Morgan fingerprint density at radius 2 is 1.81 bits per heavy atom. The molecule has 11 nitrogen and oxygen atoms in total. The summed E-state index contributed by atoms with van der Waals surface area (Å²) < 4.78 is 37.3. The molecular weight excluding hydrogens is 691 g/mol. The van der Waals surface area contributed by atoms with E-state index in [0.29, 0.717) is 42.3 Å². The number of sulfonamides is 1. The average Bonchev–Trinajstić information content (AvgIpc) is 3.61. The van der Waals surface area contributed by atoms with Gasteiger partial charge in [0.15, 0.2) is 0 Å². The summed E-state index contributed by atoms with van der Waals surface area (Å²) in [6.07, 6.45) is 10.2. The number of rotatable bonds is 11. The zero-order valence-corrected chi connectivity index (χ0v) is 33.0. The fraction of sp³-hybridized carbons (Fsp3) is 0.488. The van der Waals surface area contributed by atoms with E-state index in [1.165, 1.54) is 25.8 Å². The Morgan fingerprint density at radius 1 is 1.09 bits per heavy atom. The van der Waals surface area contributed by atoms with E-state index in [1.807, 2.05) is 39.1 Å². The molecule has 2 aromatic carbocycles. The summed E-state index contributed by atoms with van der Waals surface area (Å²) >= 11 is 0. The molecule has 0 bridgehead atoms. The molecule has 1 aliphatic carbocycles. The van der Waals surface area contributed by atoms with Crippen molar-refractivity contribution >= 4 is 44.4 Å². The van der Waals surface area contributed by atoms with Crippen molar-refractivity contribution in [3.8, 4) is 17.0 Å². The molecule has 6 rings (SSSR count). The molecule has 284 valence electrons. The van der Waals surface area contributed by atoms with Crippen LogP contribution in [0.3, 0.4) is 0 Å². The Labute approximate surface area is 313 Å². The Hall–Kier alpha value is -4.42. The van der Waals surface area contributed by atoms with Gasteiger partial charge in [-0.2, -0.15) is 5.10 Å². The smallest absolute Gasteiger partial charge is 0.264 e. The highest BCUT2D eigenvalue weighted by Crippen LogP contribution is 2.48. The summed E-state index contributed by atoms with van der Waals surface area (Å²) in [6, 6.07) is 11.3. The number of hydrogen-bond donors (Lipinski definition) is 2. The van der Waals surface area contributed by atoms with E-state index in [9.17, 15) is 23.1 Å². The van der Waals surface area contributed by atoms with E-state index in [-0.39, 0.29) is 17.5 Å². The number of carbonyl (C=O) groups is 2. The number of fused-ring (bicyclic) bond motifs is 5. The second-order valence-corrected chi connectivity index (χ2v) is 17.7. The number of methoxy groups -OCH3 is 1. The van der Waals surface area contributed by atoms with Gasteiger partial charge in [-0.05, 0) is 112 Å². The zero-order valence-electron chi connectivity index (χ0n) is 32.2. The van der Waals surface area contributed by atoms with Gasteiger partial charge in [-0.15, -0.1) is 0 Å². The lowest BCUT2D eigenvalue weighted by atomic mass is 9.81. The number of benzene rings is 2. The third-order valence-corrected chi connectivity index (χ3v) is 13.1. The molecule has 2 N–H and O–H groups in total. The molecular formula is C41H53N5O6S. The summed E-state index contributed by atoms with van der Waals surface area (Å²) in [5.41, 5.74) is 6.31. The van der Waals surface area contributed by atoms with E-state index in [4.69, 9.17) is 4.74 Å². The Bertz CT molecular complexity index is 2190. The van der Waals surface area contributed by atoms with Gasteiger partial charge in [-0.3, -0.25) is 14.3 Å². The van der Waals surface area contributed by atoms with Crippen LogP contribution >= 0.6 is 0 Å². The van der Waals surface area contributed by atoms with Crippen molar-refractivity contribution in [2.24, 2.45) is 7.05 Å². The number of carbonyl (C=O) groups excluding carboxylic acids is 2. The van der Waals surface area contributed by atoms with Crippen LogP contribution in [0.4, 0.5) is 0 Å². The molecule has 1 aliphatic heterocycles. The van der Waals surface area contributed by atoms with Gasteiger partial charge in [0, 0.05) is 42.2 Å². The lowest BCUT2D eigenvalue weighted by molar-refractivity contribution is 0.0218. The van der Waals surface area contributed by atoms with Gasteiger partial charge in [0.05, 0.1) is 47.7 Å². The molecule has 2 aliphatic rings. The van der Waals surface area contributed by atoms with E-state index in [2.05, 4.69) is 26.5 Å². The average molecular weight is 744 g/mol. The van der Waals surface area contributed by atoms with Crippen molar-refractivity contribution in [3.63, 3.8) is 0 Å². The molecule has 1 saturated carbocycles. The van der Waals surface area contributed by atoms with Crippen molar-refractivity contribution in [2.45, 2.75) is 109 Å². The summed E-state index contributed by atoms with van der Waals surface area (Å²) in [5.74, 6) is 0.119. The van der Waals surface area contributed by atoms with E-state index >= 15 is 0 Å². The molecule has 1 fully saturated rings. The maximum absolute atomic E-state index is 14.3. The highest BCUT2D eigenvalue weighted by Gasteiger charge is 2.33. The minimum Gasteiger partial charge on any atom is -0.497 e. The first-order valence-corrected chi connectivity index (χ1v) is 20.2. The largest absolute Gasteiger partial charge is 0.497 e. The minimum atomic E-state index is -3.85. The minimum absolute atomic E-state index is 0.200. The van der Waals surface area contributed by atoms with Crippen LogP contribution in [0.25, 0.3) is 33.8 Å². The van der Waals surface area contributed by atoms with Crippen molar-refractivity contribution in [1.82, 2.24) is 24.0 Å². The molecule has 2 atom stereocenters. The molecule has 2 aromatic heterocycles. The topological polar surface area (TPSA) is 136 Å². The third-order valence-electron chi connectivity index (χ3n) is 11.4. The fourth-order valence-electron chi connectivity index (χ4n) is 7.92. The fourth-order valence-corrected chi connectivity index (χ4v) is 8.53. The van der Waals surface area contributed by atoms with Crippen molar-refractivity contribution in [3.05, 3.63) is 70.5 Å². The first-order chi connectivity index (χ1) is 25.1. The Morgan fingerprint density at radius 3 is 2.47 bits per heavy atom. The quantitative estimate of drug-likeness (QED) is 0.167. The lowest BCUT2D eigenvalue weighted by Crippen LogP contribution is -2.40. The van der Waals surface area contributed by atoms with Crippen LogP contribution in [-0.2, 0) is 23.6 Å². The Kier molecular flexibility index (Phi) is 10.7. The van der Waals surface area contributed by atoms with E-state index in [1.54, 1.807) is 49.0 Å². The number of aryl methyl sites for hydroxylation is 1. The normalized spacial score (nSPS) is 16.7. The monoisotopic (exact) mass is 743 g/mol. The second kappa shape index (κ2) is 14.8. The predicted octanol–water partition coefficient (Wildman–Crippen LogP) is 7.13. The Balaban J connectivity index is 1.56. The zero-order chi connectivity index (χ0) is 38.4. The van der Waals surface area contributed by atoms with Gasteiger partial charge in [0.2, 0.25) is 10.0 Å². The van der Waals surface area contributed by atoms with Crippen LogP contribution in [0.1, 0.15) is 123 Å². The first-order valence-electron chi connectivity index (χ1n) is 18.7. The summed E-state index contributed by atoms with van der Waals surface area (Å²) in [6.45, 7) is 9.09. The molecule has 0 unspecified atom stereocenters. The van der Waals surface area contributed by atoms with Gasteiger partial charge in [0.25, 0.3) is 11.8 Å². The SMILES string of the molecule is CC[C@](C)(O)C[C@H](C)N(C)C(=O)c1cnn(C)c1C1=Cc2cc(OC)ccc2-c2c(C3CCCCC3)c3ccc(C(=O)NS(=O)(=O)C(C)C)cc3n2C1. The van der Waals surface area contributed by atoms with Gasteiger partial charge in [-0.1, -0.05) is 32.3 Å². The first kappa shape index (κ1) is 38.3. The summed E-state index contributed by atoms with van der Waals surface area (Å²) in [5, 5.41) is 15.6. The van der Waals surface area contributed by atoms with Crippen LogP contribution in [0.2, 0.25) is 0 Å². The molecule has 0 radical (unpaired) electrons. The van der Waals surface area contributed by atoms with Crippen molar-refractivity contribution in [1.29, 1.82) is 0 Å². The van der Waals surface area contributed by atoms with Gasteiger partial charge in [0.1, 0.15) is 5.75 Å². The standard InChI is InChI=1S/C41H53N5O6S/c1-9-41(5,49)22-26(4)44(6)40(48)34-23-42-45(7)37(34)30-19-29-20-31(52-8)16-18-32(29)38-36(27-13-11-10-12-14-27)33-17-15-28(21-35(33)46(38)24-30)39(47)43-53(50,51)25(2)3/h15-21,23,25-27,49H,9-14,22,24H2,1-8H3,(H,43,47)/t26-,41-/m0/s1. The third kappa shape index (κ3) is 7.40. The lowest BCUT2D eigenvalue weighted by Gasteiger charge is -2.31. The molecule has 3 heterocycles. The number of aliphatic hydroxyl groups is 1. The van der Waals surface area contributed by atoms with Crippen molar-refractivity contribution < 1.29 is 27.9 Å². The second-order valence-electron chi connectivity index (χ2n) is 15.4. The number of ether oxygens (including phenoxy) is 1. The van der Waals surface area contributed by atoms with Crippen LogP contribution in [0.5, 0.6) is 5.75 Å². The number of amides is 2. The van der Waals surface area contributed by atoms with Gasteiger partial charge in [-0.25, -0.2) is 13.1 Å². The number of hydrogen-bond acceptors (Lipinski definition) is 7. The summed E-state index contributed by atoms with van der Waals surface area (Å²) in [4.78, 5) is 29.4. The van der Waals surface area contributed by atoms with Crippen LogP contribution in [-0.4, -0.2) is 75.6 Å². The van der Waals surface area contributed by atoms with E-state index in [0.717, 1.165) is 59.0 Å². The number of aromatic nitrogens is 3. The number of allylic oxidation sites excluding steroid dienone is 1. The molecule has 53 heavy (non-hydrogen) atoms. The molecule has 12 heteroatoms. The predicted molar refractivity (Wildman–Crippen MR) is 209 cm³/mol. The van der Waals surface area contributed by atoms with Crippen molar-refractivity contribution in [2.75, 3.05) is 14.2 Å². The number of nitrogens with zero attached hydrogens (tertiary/aromatic N) is 4. The van der Waals surface area contributed by atoms with E-state index < -0.39 is 26.8 Å². The maximum atomic E-state index is 14.3. The molecule has 0 saturated heterocycles. The number of nitrogens with one attached hydrogen (secondary N) is 1. The van der Waals surface area contributed by atoms with Gasteiger partial charge < -0.3 is 19.3 Å². The van der Waals surface area contributed by atoms with Crippen LogP contribution in [0.15, 0.2) is 42.6 Å². The summed E-state index contributed by atoms with van der Waals surface area (Å²) in [7, 11) is 1.38. The van der Waals surface area contributed by atoms with Gasteiger partial charge >= 0.3 is 0 Å². The van der Waals surface area contributed by atoms with Crippen LogP contribution < -0.4 is 9.46 Å². The highest BCUT2D eigenvalue weighted by molar-refractivity contribution is 7.90. The molecule has 0 spiro atoms. The maximum Gasteiger partial charge on any atom is 0.264 e. The molecule has 2 amide bonds.